The largest absolute Gasteiger partial charge is 0.510 e. The Morgan fingerprint density at radius 2 is 1.95 bits per heavy atom. The van der Waals surface area contributed by atoms with Gasteiger partial charge in [-0.2, -0.15) is 0 Å². The van der Waals surface area contributed by atoms with Crippen LogP contribution in [0.4, 0.5) is 10.1 Å². The summed E-state index contributed by atoms with van der Waals surface area (Å²) in [5.41, 5.74) is 1.63. The number of hydrogen-bond donors (Lipinski definition) is 6. The number of likely N-dealkylation sites (tertiary alicyclic amines) is 1. The van der Waals surface area contributed by atoms with E-state index in [9.17, 15) is 34.8 Å². The summed E-state index contributed by atoms with van der Waals surface area (Å²) in [5.74, 6) is -7.96. The van der Waals surface area contributed by atoms with Gasteiger partial charge in [-0.25, -0.2) is 4.39 Å². The molecule has 1 aromatic carbocycles. The fourth-order valence-electron chi connectivity index (χ4n) is 7.97. The van der Waals surface area contributed by atoms with E-state index in [2.05, 4.69) is 10.2 Å². The number of likely N-dealkylation sites (N-methyl/N-ethyl adjacent to an activating group) is 1. The Bertz CT molecular complexity index is 1450. The van der Waals surface area contributed by atoms with Crippen LogP contribution in [0.3, 0.4) is 0 Å². The van der Waals surface area contributed by atoms with Crippen molar-refractivity contribution >= 4 is 23.2 Å². The maximum atomic E-state index is 16.5. The predicted octanol–water partition coefficient (Wildman–Crippen LogP) is 1.07. The van der Waals surface area contributed by atoms with E-state index in [4.69, 9.17) is 5.73 Å². The van der Waals surface area contributed by atoms with Crippen LogP contribution in [0.5, 0.6) is 5.75 Å². The van der Waals surface area contributed by atoms with E-state index in [1.165, 1.54) is 4.90 Å². The smallest absolute Gasteiger partial charge is 0.255 e. The lowest BCUT2D eigenvalue weighted by atomic mass is 9.58. The van der Waals surface area contributed by atoms with Gasteiger partial charge in [-0.3, -0.25) is 24.2 Å². The van der Waals surface area contributed by atoms with Crippen molar-refractivity contribution in [3.05, 3.63) is 45.2 Å². The van der Waals surface area contributed by atoms with Crippen LogP contribution < -0.4 is 11.1 Å². The molecule has 0 radical (unpaired) electrons. The molecule has 1 aromatic rings. The zero-order valence-corrected chi connectivity index (χ0v) is 22.5. The molecule has 0 aromatic heterocycles. The second-order valence-corrected chi connectivity index (χ2v) is 11.8. The van der Waals surface area contributed by atoms with E-state index < -0.39 is 69.6 Å². The van der Waals surface area contributed by atoms with Crippen LogP contribution >= 0.6 is 0 Å². The van der Waals surface area contributed by atoms with E-state index in [1.54, 1.807) is 14.1 Å². The fourth-order valence-corrected chi connectivity index (χ4v) is 7.97. The van der Waals surface area contributed by atoms with E-state index in [1.807, 2.05) is 6.92 Å². The molecule has 2 unspecified atom stereocenters. The minimum Gasteiger partial charge on any atom is -0.510 e. The van der Waals surface area contributed by atoms with Crippen LogP contribution in [0.25, 0.3) is 0 Å². The number of fused-ring (bicyclic) bond motifs is 6. The highest BCUT2D eigenvalue weighted by molar-refractivity contribution is 6.25. The Morgan fingerprint density at radius 1 is 1.25 bits per heavy atom. The van der Waals surface area contributed by atoms with Crippen molar-refractivity contribution in [1.82, 2.24) is 9.80 Å². The summed E-state index contributed by atoms with van der Waals surface area (Å²) in [6, 6.07) is -1.36. The third-order valence-corrected chi connectivity index (χ3v) is 9.73. The summed E-state index contributed by atoms with van der Waals surface area (Å²) in [4.78, 5) is 43.1. The van der Waals surface area contributed by atoms with Crippen molar-refractivity contribution in [3.63, 3.8) is 0 Å². The average Bonchev–Trinajstić information content (AvgIpc) is 3.32. The fraction of sp³-hybridized carbons (Fsp3) is 0.536. The van der Waals surface area contributed by atoms with Gasteiger partial charge in [0.1, 0.15) is 22.9 Å². The molecule has 1 saturated heterocycles. The van der Waals surface area contributed by atoms with Crippen LogP contribution in [0.2, 0.25) is 0 Å². The first-order chi connectivity index (χ1) is 18.9. The Morgan fingerprint density at radius 3 is 2.58 bits per heavy atom. The summed E-state index contributed by atoms with van der Waals surface area (Å²) in [6.07, 6.45) is 0.703. The van der Waals surface area contributed by atoms with E-state index >= 15 is 4.39 Å². The molecule has 5 aliphatic rings. The lowest BCUT2D eigenvalue weighted by molar-refractivity contribution is -0.148. The summed E-state index contributed by atoms with van der Waals surface area (Å²) >= 11 is 0. The molecular weight excluding hydrogens is 523 g/mol. The normalized spacial score (nSPS) is 33.3. The Labute approximate surface area is 229 Å². The standard InChI is InChI=1S/C28H33FN4O7/c1-4-33-6-5-10-9-31-19-16(20(10)33)18(29)12-7-11-8-13-21(32(2)3)24(36)17(27(30)39)26(38)28(13,40)25(37)14(11)22(34)15(12)23(19)35/h10-11,13,20-21,31,35-37,40H,4-9H2,1-3H3,(H2,30,39)/t10?,11-,13-,20?,21-,28-/m0/s1. The number of hydrogen-bond acceptors (Lipinski definition) is 10. The lowest BCUT2D eigenvalue weighted by Crippen LogP contribution is -2.63. The van der Waals surface area contributed by atoms with Gasteiger partial charge in [0, 0.05) is 35.2 Å². The van der Waals surface area contributed by atoms with Crippen LogP contribution in [-0.2, 0) is 16.0 Å². The molecule has 0 saturated carbocycles. The first kappa shape index (κ1) is 26.7. The lowest BCUT2D eigenvalue weighted by Gasteiger charge is -2.50. The Kier molecular flexibility index (Phi) is 5.85. The van der Waals surface area contributed by atoms with Gasteiger partial charge >= 0.3 is 0 Å². The molecule has 214 valence electrons. The third-order valence-electron chi connectivity index (χ3n) is 9.73. The van der Waals surface area contributed by atoms with Crippen LogP contribution in [0.15, 0.2) is 22.7 Å². The van der Waals surface area contributed by atoms with E-state index in [0.717, 1.165) is 13.0 Å². The molecule has 7 N–H and O–H groups in total. The predicted molar refractivity (Wildman–Crippen MR) is 140 cm³/mol. The number of anilines is 1. The number of halogens is 1. The zero-order valence-electron chi connectivity index (χ0n) is 22.5. The van der Waals surface area contributed by atoms with Gasteiger partial charge < -0.3 is 31.5 Å². The number of phenols is 1. The molecule has 2 heterocycles. The van der Waals surface area contributed by atoms with Crippen LogP contribution in [0, 0.1) is 23.6 Å². The van der Waals surface area contributed by atoms with Crippen molar-refractivity contribution < 1.29 is 39.2 Å². The molecule has 0 bridgehead atoms. The number of carbonyl (C=O) groups excluding carboxylic acids is 3. The number of carbonyl (C=O) groups is 3. The van der Waals surface area contributed by atoms with Gasteiger partial charge in [-0.1, -0.05) is 6.92 Å². The van der Waals surface area contributed by atoms with Crippen LogP contribution in [-0.4, -0.2) is 93.1 Å². The zero-order chi connectivity index (χ0) is 29.0. The SMILES string of the molecule is CCN1CCC2CNc3c(O)c4c(c(F)c3C21)C[C@H]1C[C@H]2[C@H](N(C)C)C(O)=C(C(N)=O)C(=O)[C@@]2(O)C(O)=C1C4=O. The second-order valence-electron chi connectivity index (χ2n) is 11.8. The summed E-state index contributed by atoms with van der Waals surface area (Å²) in [7, 11) is 3.11. The first-order valence-electron chi connectivity index (χ1n) is 13.6. The number of primary amides is 1. The summed E-state index contributed by atoms with van der Waals surface area (Å²) < 4.78 is 16.5. The van der Waals surface area contributed by atoms with Crippen LogP contribution in [0.1, 0.15) is 47.3 Å². The number of allylic oxidation sites excluding steroid dienone is 1. The molecule has 40 heavy (non-hydrogen) atoms. The van der Waals surface area contributed by atoms with Gasteiger partial charge in [0.25, 0.3) is 5.91 Å². The number of amides is 1. The molecule has 6 rings (SSSR count). The molecule has 12 heteroatoms. The number of aromatic hydroxyl groups is 1. The summed E-state index contributed by atoms with van der Waals surface area (Å²) in [5, 5.41) is 48.4. The minimum atomic E-state index is -2.73. The molecule has 2 aliphatic heterocycles. The molecule has 1 fully saturated rings. The van der Waals surface area contributed by atoms with Gasteiger partial charge in [0.2, 0.25) is 5.78 Å². The third kappa shape index (κ3) is 3.18. The molecular formula is C28H33FN4O7. The van der Waals surface area contributed by atoms with Crippen molar-refractivity contribution in [3.8, 4) is 5.75 Å². The van der Waals surface area contributed by atoms with Gasteiger partial charge in [-0.15, -0.1) is 0 Å². The van der Waals surface area contributed by atoms with Crippen molar-refractivity contribution in [2.24, 2.45) is 23.5 Å². The molecule has 1 amide bonds. The van der Waals surface area contributed by atoms with Gasteiger partial charge in [0.05, 0.1) is 17.3 Å². The average molecular weight is 557 g/mol. The number of nitrogens with one attached hydrogen (secondary N) is 1. The number of nitrogens with zero attached hydrogens (tertiary/aromatic N) is 2. The number of rotatable bonds is 3. The maximum absolute atomic E-state index is 16.5. The van der Waals surface area contributed by atoms with E-state index in [0.29, 0.717) is 18.7 Å². The minimum absolute atomic E-state index is 0.0276. The first-order valence-corrected chi connectivity index (χ1v) is 13.6. The highest BCUT2D eigenvalue weighted by Crippen LogP contribution is 2.56. The number of aliphatic hydroxyl groups is 3. The number of Topliss-reactive ketones (excluding diaryl/α,β-unsaturated/α-hetero) is 2. The Balaban J connectivity index is 1.54. The summed E-state index contributed by atoms with van der Waals surface area (Å²) in [6.45, 7) is 3.98. The number of benzene rings is 1. The number of ketones is 2. The number of nitrogens with two attached hydrogens (primary N) is 1. The number of phenolic OH excluding ortho intramolecular Hbond substituents is 1. The topological polar surface area (TPSA) is 177 Å². The molecule has 11 nitrogen and oxygen atoms in total. The maximum Gasteiger partial charge on any atom is 0.255 e. The Hall–Kier alpha value is -3.48. The molecule has 6 atom stereocenters. The van der Waals surface area contributed by atoms with Crippen molar-refractivity contribution in [2.45, 2.75) is 43.9 Å². The van der Waals surface area contributed by atoms with Crippen molar-refractivity contribution in [1.29, 1.82) is 0 Å². The quantitative estimate of drug-likeness (QED) is 0.233. The number of aliphatic hydroxyl groups excluding tert-OH is 2. The highest BCUT2D eigenvalue weighted by Gasteiger charge is 2.63. The second kappa shape index (κ2) is 8.76. The highest BCUT2D eigenvalue weighted by atomic mass is 19.1. The molecule has 0 spiro atoms. The van der Waals surface area contributed by atoms with Gasteiger partial charge in [-0.05, 0) is 58.3 Å². The van der Waals surface area contributed by atoms with E-state index in [-0.39, 0.29) is 47.2 Å². The monoisotopic (exact) mass is 556 g/mol. The van der Waals surface area contributed by atoms with Gasteiger partial charge in [0.15, 0.2) is 17.1 Å². The van der Waals surface area contributed by atoms with Crippen molar-refractivity contribution in [2.75, 3.05) is 39.0 Å². The molecule has 3 aliphatic carbocycles.